The topological polar surface area (TPSA) is 26.3 Å². The zero-order valence-corrected chi connectivity index (χ0v) is 10.7. The monoisotopic (exact) mass is 252 g/mol. The van der Waals surface area contributed by atoms with Crippen LogP contribution in [0.25, 0.3) is 0 Å². The lowest BCUT2D eigenvalue weighted by molar-refractivity contribution is -0.143. The first-order valence-corrected chi connectivity index (χ1v) is 6.20. The van der Waals surface area contributed by atoms with Crippen LogP contribution >= 0.6 is 0 Å². The Morgan fingerprint density at radius 1 is 1.00 bits per heavy atom. The molecule has 0 aliphatic heterocycles. The van der Waals surface area contributed by atoms with Crippen molar-refractivity contribution in [1.29, 1.82) is 0 Å². The van der Waals surface area contributed by atoms with Crippen molar-refractivity contribution in [1.82, 2.24) is 0 Å². The van der Waals surface area contributed by atoms with Crippen LogP contribution in [0, 0.1) is 0 Å². The second-order valence-corrected chi connectivity index (χ2v) is 4.17. The molecule has 2 aromatic rings. The standard InChI is InChI=1S/C17H16O2/c1-2-13-19-17(18)16(14-9-5-3-6-10-14)15-11-7-4-8-12-15/h2-12,16H,1,13H2. The number of hydrogen-bond acceptors (Lipinski definition) is 2. The number of esters is 1. The molecule has 0 unspecified atom stereocenters. The summed E-state index contributed by atoms with van der Waals surface area (Å²) in [7, 11) is 0. The van der Waals surface area contributed by atoms with Gasteiger partial charge in [-0.3, -0.25) is 4.79 Å². The Morgan fingerprint density at radius 3 is 1.89 bits per heavy atom. The predicted molar refractivity (Wildman–Crippen MR) is 75.9 cm³/mol. The lowest BCUT2D eigenvalue weighted by Gasteiger charge is -2.16. The van der Waals surface area contributed by atoms with E-state index in [0.29, 0.717) is 0 Å². The third kappa shape index (κ3) is 3.32. The molecule has 0 N–H and O–H groups in total. The Kier molecular flexibility index (Phi) is 4.51. The van der Waals surface area contributed by atoms with Crippen molar-refractivity contribution in [3.05, 3.63) is 84.4 Å². The Balaban J connectivity index is 2.34. The Bertz CT molecular complexity index is 492. The van der Waals surface area contributed by atoms with Crippen LogP contribution in [0.1, 0.15) is 17.0 Å². The highest BCUT2D eigenvalue weighted by molar-refractivity contribution is 5.82. The smallest absolute Gasteiger partial charge is 0.318 e. The van der Waals surface area contributed by atoms with Gasteiger partial charge in [0, 0.05) is 0 Å². The average Bonchev–Trinajstić information content (AvgIpc) is 2.47. The SMILES string of the molecule is C=CCOC(=O)C(c1ccccc1)c1ccccc1. The molecule has 2 nitrogen and oxygen atoms in total. The van der Waals surface area contributed by atoms with Crippen molar-refractivity contribution in [2.75, 3.05) is 6.61 Å². The van der Waals surface area contributed by atoms with Gasteiger partial charge in [0.1, 0.15) is 12.5 Å². The number of carbonyl (C=O) groups is 1. The Labute approximate surface area is 113 Å². The highest BCUT2D eigenvalue weighted by atomic mass is 16.5. The van der Waals surface area contributed by atoms with Gasteiger partial charge in [0.15, 0.2) is 0 Å². The van der Waals surface area contributed by atoms with Crippen LogP contribution in [0.3, 0.4) is 0 Å². The van der Waals surface area contributed by atoms with Gasteiger partial charge in [-0.15, -0.1) is 0 Å². The molecule has 0 amide bonds. The van der Waals surface area contributed by atoms with E-state index in [4.69, 9.17) is 4.74 Å². The molecule has 0 saturated carbocycles. The molecule has 2 heteroatoms. The van der Waals surface area contributed by atoms with Crippen molar-refractivity contribution < 1.29 is 9.53 Å². The van der Waals surface area contributed by atoms with Gasteiger partial charge in [0.25, 0.3) is 0 Å². The molecular weight excluding hydrogens is 236 g/mol. The largest absolute Gasteiger partial charge is 0.461 e. The minimum Gasteiger partial charge on any atom is -0.461 e. The molecule has 0 aliphatic carbocycles. The molecule has 0 aromatic heterocycles. The third-order valence-corrected chi connectivity index (χ3v) is 2.84. The molecule has 2 rings (SSSR count). The van der Waals surface area contributed by atoms with Crippen molar-refractivity contribution in [2.45, 2.75) is 5.92 Å². The predicted octanol–water partition coefficient (Wildman–Crippen LogP) is 3.55. The lowest BCUT2D eigenvalue weighted by atomic mass is 9.91. The molecule has 0 saturated heterocycles. The van der Waals surface area contributed by atoms with Gasteiger partial charge in [-0.1, -0.05) is 73.3 Å². The highest BCUT2D eigenvalue weighted by Gasteiger charge is 2.23. The summed E-state index contributed by atoms with van der Waals surface area (Å²) in [5, 5.41) is 0. The summed E-state index contributed by atoms with van der Waals surface area (Å²) < 4.78 is 5.21. The fourth-order valence-corrected chi connectivity index (χ4v) is 1.98. The molecular formula is C17H16O2. The van der Waals surface area contributed by atoms with Gasteiger partial charge in [-0.05, 0) is 11.1 Å². The van der Waals surface area contributed by atoms with Gasteiger partial charge in [-0.2, -0.15) is 0 Å². The van der Waals surface area contributed by atoms with Crippen LogP contribution in [-0.2, 0) is 9.53 Å². The van der Waals surface area contributed by atoms with Crippen LogP contribution in [0.2, 0.25) is 0 Å². The van der Waals surface area contributed by atoms with Crippen LogP contribution in [0.5, 0.6) is 0 Å². The maximum Gasteiger partial charge on any atom is 0.318 e. The van der Waals surface area contributed by atoms with E-state index in [9.17, 15) is 4.79 Å². The van der Waals surface area contributed by atoms with Crippen molar-refractivity contribution >= 4 is 5.97 Å². The first-order valence-electron chi connectivity index (χ1n) is 6.20. The number of hydrogen-bond donors (Lipinski definition) is 0. The summed E-state index contributed by atoms with van der Waals surface area (Å²) in [6.07, 6.45) is 1.57. The van der Waals surface area contributed by atoms with Crippen molar-refractivity contribution in [3.8, 4) is 0 Å². The first-order chi connectivity index (χ1) is 9.33. The van der Waals surface area contributed by atoms with Gasteiger partial charge >= 0.3 is 5.97 Å². The molecule has 19 heavy (non-hydrogen) atoms. The lowest BCUT2D eigenvalue weighted by Crippen LogP contribution is -2.17. The van der Waals surface area contributed by atoms with Gasteiger partial charge in [-0.25, -0.2) is 0 Å². The fourth-order valence-electron chi connectivity index (χ4n) is 1.98. The molecule has 0 spiro atoms. The number of rotatable bonds is 5. The zero-order valence-electron chi connectivity index (χ0n) is 10.7. The van der Waals surface area contributed by atoms with Crippen molar-refractivity contribution in [3.63, 3.8) is 0 Å². The summed E-state index contributed by atoms with van der Waals surface area (Å²) >= 11 is 0. The van der Waals surface area contributed by atoms with Gasteiger partial charge < -0.3 is 4.74 Å². The van der Waals surface area contributed by atoms with Crippen LogP contribution in [-0.4, -0.2) is 12.6 Å². The molecule has 0 aliphatic rings. The van der Waals surface area contributed by atoms with Crippen LogP contribution in [0.15, 0.2) is 73.3 Å². The van der Waals surface area contributed by atoms with E-state index in [-0.39, 0.29) is 18.5 Å². The first kappa shape index (κ1) is 13.1. The van der Waals surface area contributed by atoms with E-state index >= 15 is 0 Å². The minimum atomic E-state index is -0.387. The second kappa shape index (κ2) is 6.55. The molecule has 96 valence electrons. The van der Waals surface area contributed by atoms with Crippen LogP contribution in [0.4, 0.5) is 0 Å². The van der Waals surface area contributed by atoms with Gasteiger partial charge in [0.05, 0.1) is 0 Å². The fraction of sp³-hybridized carbons (Fsp3) is 0.118. The second-order valence-electron chi connectivity index (χ2n) is 4.17. The Hall–Kier alpha value is -2.35. The van der Waals surface area contributed by atoms with Crippen LogP contribution < -0.4 is 0 Å². The summed E-state index contributed by atoms with van der Waals surface area (Å²) in [5.74, 6) is -0.639. The highest BCUT2D eigenvalue weighted by Crippen LogP contribution is 2.25. The molecule has 0 fully saturated rings. The molecule has 0 bridgehead atoms. The number of benzene rings is 2. The van der Waals surface area contributed by atoms with E-state index in [1.165, 1.54) is 0 Å². The van der Waals surface area contributed by atoms with E-state index in [1.54, 1.807) is 6.08 Å². The average molecular weight is 252 g/mol. The molecule has 0 heterocycles. The molecule has 0 atom stereocenters. The summed E-state index contributed by atoms with van der Waals surface area (Å²) in [5.41, 5.74) is 1.87. The molecule has 0 radical (unpaired) electrons. The Morgan fingerprint density at radius 2 is 1.47 bits per heavy atom. The van der Waals surface area contributed by atoms with Crippen molar-refractivity contribution in [2.24, 2.45) is 0 Å². The summed E-state index contributed by atoms with van der Waals surface area (Å²) in [6, 6.07) is 19.3. The normalized spacial score (nSPS) is 10.2. The van der Waals surface area contributed by atoms with E-state index in [1.807, 2.05) is 60.7 Å². The molecule has 2 aromatic carbocycles. The summed E-state index contributed by atoms with van der Waals surface area (Å²) in [6.45, 7) is 3.79. The quantitative estimate of drug-likeness (QED) is 0.601. The van der Waals surface area contributed by atoms with Gasteiger partial charge in [0.2, 0.25) is 0 Å². The van der Waals surface area contributed by atoms with E-state index in [2.05, 4.69) is 6.58 Å². The zero-order chi connectivity index (χ0) is 13.5. The maximum absolute atomic E-state index is 12.2. The minimum absolute atomic E-state index is 0.231. The van der Waals surface area contributed by atoms with E-state index < -0.39 is 0 Å². The maximum atomic E-state index is 12.2. The third-order valence-electron chi connectivity index (χ3n) is 2.84. The number of ether oxygens (including phenoxy) is 1. The number of carbonyl (C=O) groups excluding carboxylic acids is 1. The summed E-state index contributed by atoms with van der Waals surface area (Å²) in [4.78, 5) is 12.2. The van der Waals surface area contributed by atoms with E-state index in [0.717, 1.165) is 11.1 Å².